The average Bonchev–Trinajstić information content (AvgIpc) is 2.85. The van der Waals surface area contributed by atoms with E-state index in [0.29, 0.717) is 5.92 Å². The molecule has 0 saturated heterocycles. The number of hydrogen-bond donors (Lipinski definition) is 1. The molecule has 1 aliphatic carbocycles. The van der Waals surface area contributed by atoms with Gasteiger partial charge in [-0.1, -0.05) is 19.8 Å². The Morgan fingerprint density at radius 3 is 3.00 bits per heavy atom. The van der Waals surface area contributed by atoms with Crippen molar-refractivity contribution in [3.63, 3.8) is 0 Å². The second kappa shape index (κ2) is 4.58. The molecular weight excluding hydrogens is 200 g/mol. The zero-order valence-electron chi connectivity index (χ0n) is 10.3. The van der Waals surface area contributed by atoms with Gasteiger partial charge in [-0.15, -0.1) is 0 Å². The summed E-state index contributed by atoms with van der Waals surface area (Å²) >= 11 is 0. The van der Waals surface area contributed by atoms with Crippen LogP contribution in [0, 0.1) is 5.92 Å². The number of hydrogen-bond acceptors (Lipinski definition) is 2. The van der Waals surface area contributed by atoms with Gasteiger partial charge >= 0.3 is 0 Å². The topological polar surface area (TPSA) is 38.1 Å². The molecule has 0 spiro atoms. The van der Waals surface area contributed by atoms with Crippen LogP contribution in [0.3, 0.4) is 0 Å². The Kier molecular flexibility index (Phi) is 3.33. The van der Waals surface area contributed by atoms with Gasteiger partial charge in [-0.05, 0) is 31.2 Å². The van der Waals surface area contributed by atoms with Crippen molar-refractivity contribution in [2.24, 2.45) is 5.92 Å². The van der Waals surface area contributed by atoms with E-state index >= 15 is 0 Å². The standard InChI is InChI=1S/C13H22N2O/c1-3-12-6-5-7-13(12,16)8-11-9-14-15(4-2)10-11/h9-10,12,16H,3-8H2,1-2H3. The zero-order valence-corrected chi connectivity index (χ0v) is 10.3. The molecule has 0 amide bonds. The molecule has 1 saturated carbocycles. The van der Waals surface area contributed by atoms with Crippen LogP contribution >= 0.6 is 0 Å². The third-order valence-corrected chi connectivity index (χ3v) is 3.94. The van der Waals surface area contributed by atoms with Crippen LogP contribution in [-0.4, -0.2) is 20.5 Å². The van der Waals surface area contributed by atoms with Crippen molar-refractivity contribution in [1.29, 1.82) is 0 Å². The SMILES string of the molecule is CCC1CCCC1(O)Cc1cnn(CC)c1. The molecule has 3 heteroatoms. The van der Waals surface area contributed by atoms with E-state index < -0.39 is 5.60 Å². The first-order valence-corrected chi connectivity index (χ1v) is 6.41. The van der Waals surface area contributed by atoms with E-state index in [1.165, 1.54) is 12.0 Å². The lowest BCUT2D eigenvalue weighted by atomic mass is 9.84. The van der Waals surface area contributed by atoms with Crippen LogP contribution in [0.25, 0.3) is 0 Å². The van der Waals surface area contributed by atoms with Gasteiger partial charge in [-0.3, -0.25) is 4.68 Å². The summed E-state index contributed by atoms with van der Waals surface area (Å²) in [4.78, 5) is 0. The quantitative estimate of drug-likeness (QED) is 0.849. The van der Waals surface area contributed by atoms with Gasteiger partial charge in [-0.2, -0.15) is 5.10 Å². The van der Waals surface area contributed by atoms with Gasteiger partial charge < -0.3 is 5.11 Å². The van der Waals surface area contributed by atoms with Crippen LogP contribution in [0.4, 0.5) is 0 Å². The Morgan fingerprint density at radius 1 is 1.56 bits per heavy atom. The molecule has 1 aromatic heterocycles. The van der Waals surface area contributed by atoms with E-state index in [4.69, 9.17) is 0 Å². The summed E-state index contributed by atoms with van der Waals surface area (Å²) in [5, 5.41) is 14.9. The van der Waals surface area contributed by atoms with Gasteiger partial charge in [0, 0.05) is 19.2 Å². The summed E-state index contributed by atoms with van der Waals surface area (Å²) in [5.41, 5.74) is 0.695. The predicted molar refractivity (Wildman–Crippen MR) is 64.2 cm³/mol. The number of rotatable bonds is 4. The van der Waals surface area contributed by atoms with Crippen LogP contribution in [0.5, 0.6) is 0 Å². The van der Waals surface area contributed by atoms with Gasteiger partial charge in [0.1, 0.15) is 0 Å². The number of aryl methyl sites for hydroxylation is 1. The van der Waals surface area contributed by atoms with Crippen LogP contribution in [-0.2, 0) is 13.0 Å². The second-order valence-electron chi connectivity index (χ2n) is 4.98. The van der Waals surface area contributed by atoms with Crippen molar-refractivity contribution in [1.82, 2.24) is 9.78 Å². The van der Waals surface area contributed by atoms with E-state index in [-0.39, 0.29) is 0 Å². The first-order chi connectivity index (χ1) is 7.68. The smallest absolute Gasteiger partial charge is 0.0717 e. The van der Waals surface area contributed by atoms with E-state index in [1.54, 1.807) is 0 Å². The van der Waals surface area contributed by atoms with Crippen LogP contribution in [0.1, 0.15) is 45.1 Å². The fourth-order valence-electron chi connectivity index (χ4n) is 2.97. The van der Waals surface area contributed by atoms with Gasteiger partial charge in [0.15, 0.2) is 0 Å². The average molecular weight is 222 g/mol. The highest BCUT2D eigenvalue weighted by molar-refractivity contribution is 5.10. The van der Waals surface area contributed by atoms with Crippen molar-refractivity contribution >= 4 is 0 Å². The Morgan fingerprint density at radius 2 is 2.38 bits per heavy atom. The molecule has 16 heavy (non-hydrogen) atoms. The minimum Gasteiger partial charge on any atom is -0.389 e. The molecule has 1 aliphatic rings. The molecule has 1 N–H and O–H groups in total. The van der Waals surface area contributed by atoms with Crippen LogP contribution in [0.15, 0.2) is 12.4 Å². The molecule has 90 valence electrons. The van der Waals surface area contributed by atoms with Gasteiger partial charge in [-0.25, -0.2) is 0 Å². The lowest BCUT2D eigenvalue weighted by molar-refractivity contribution is 0.00145. The fourth-order valence-corrected chi connectivity index (χ4v) is 2.97. The van der Waals surface area contributed by atoms with Crippen molar-refractivity contribution in [3.8, 4) is 0 Å². The third kappa shape index (κ3) is 2.14. The first-order valence-electron chi connectivity index (χ1n) is 6.41. The molecule has 0 radical (unpaired) electrons. The summed E-state index contributed by atoms with van der Waals surface area (Å²) < 4.78 is 1.93. The molecule has 1 fully saturated rings. The van der Waals surface area contributed by atoms with Crippen molar-refractivity contribution in [3.05, 3.63) is 18.0 Å². The molecule has 0 bridgehead atoms. The normalized spacial score (nSPS) is 29.8. The molecule has 2 atom stereocenters. The second-order valence-corrected chi connectivity index (χ2v) is 4.98. The summed E-state index contributed by atoms with van der Waals surface area (Å²) in [5.74, 6) is 0.470. The van der Waals surface area contributed by atoms with Crippen molar-refractivity contribution in [2.45, 2.75) is 58.1 Å². The summed E-state index contributed by atoms with van der Waals surface area (Å²) in [6.07, 6.45) is 9.09. The monoisotopic (exact) mass is 222 g/mol. The summed E-state index contributed by atoms with van der Waals surface area (Å²) in [7, 11) is 0. The maximum absolute atomic E-state index is 10.6. The summed E-state index contributed by atoms with van der Waals surface area (Å²) in [6, 6.07) is 0. The van der Waals surface area contributed by atoms with E-state index in [9.17, 15) is 5.11 Å². The highest BCUT2D eigenvalue weighted by Gasteiger charge is 2.39. The predicted octanol–water partition coefficient (Wildman–Crippen LogP) is 2.39. The minimum atomic E-state index is -0.476. The maximum atomic E-state index is 10.6. The third-order valence-electron chi connectivity index (χ3n) is 3.94. The molecule has 1 aromatic rings. The Hall–Kier alpha value is -0.830. The molecule has 2 rings (SSSR count). The molecular formula is C13H22N2O. The lowest BCUT2D eigenvalue weighted by Gasteiger charge is -2.29. The number of aromatic nitrogens is 2. The lowest BCUT2D eigenvalue weighted by Crippen LogP contribution is -2.35. The van der Waals surface area contributed by atoms with Crippen molar-refractivity contribution < 1.29 is 5.11 Å². The van der Waals surface area contributed by atoms with E-state index in [0.717, 1.165) is 32.2 Å². The van der Waals surface area contributed by atoms with Gasteiger partial charge in [0.25, 0.3) is 0 Å². The zero-order chi connectivity index (χ0) is 11.6. The Bertz CT molecular complexity index is 347. The highest BCUT2D eigenvalue weighted by atomic mass is 16.3. The number of nitrogens with zero attached hydrogens (tertiary/aromatic N) is 2. The molecule has 0 aromatic carbocycles. The Balaban J connectivity index is 2.07. The largest absolute Gasteiger partial charge is 0.389 e. The first kappa shape index (κ1) is 11.6. The fraction of sp³-hybridized carbons (Fsp3) is 0.769. The van der Waals surface area contributed by atoms with Gasteiger partial charge in [0.05, 0.1) is 11.8 Å². The number of aliphatic hydroxyl groups is 1. The maximum Gasteiger partial charge on any atom is 0.0717 e. The van der Waals surface area contributed by atoms with Crippen LogP contribution in [0.2, 0.25) is 0 Å². The highest BCUT2D eigenvalue weighted by Crippen LogP contribution is 2.39. The van der Waals surface area contributed by atoms with Crippen LogP contribution < -0.4 is 0 Å². The molecule has 1 heterocycles. The summed E-state index contributed by atoms with van der Waals surface area (Å²) in [6.45, 7) is 5.15. The molecule has 0 aliphatic heterocycles. The molecule has 3 nitrogen and oxygen atoms in total. The van der Waals surface area contributed by atoms with E-state index in [1.807, 2.05) is 10.9 Å². The minimum absolute atomic E-state index is 0.470. The van der Waals surface area contributed by atoms with E-state index in [2.05, 4.69) is 25.1 Å². The molecule has 2 unspecified atom stereocenters. The Labute approximate surface area is 97.5 Å². The van der Waals surface area contributed by atoms with Crippen molar-refractivity contribution in [2.75, 3.05) is 0 Å². The van der Waals surface area contributed by atoms with Gasteiger partial charge in [0.2, 0.25) is 0 Å².